The minimum Gasteiger partial charge on any atom is -0.143 e. The van der Waals surface area contributed by atoms with E-state index in [1.165, 1.54) is 15.3 Å². The Morgan fingerprint density at radius 3 is 2.53 bits per heavy atom. The molecule has 0 radical (unpaired) electrons. The number of benzene rings is 1. The van der Waals surface area contributed by atoms with Gasteiger partial charge in [-0.3, -0.25) is 0 Å². The van der Waals surface area contributed by atoms with Gasteiger partial charge in [-0.2, -0.15) is 0 Å². The first-order chi connectivity index (χ1) is 7.99. The number of rotatable bonds is 2. The van der Waals surface area contributed by atoms with Crippen molar-refractivity contribution in [1.82, 2.24) is 0 Å². The summed E-state index contributed by atoms with van der Waals surface area (Å²) in [5, 5.41) is 0.622. The Bertz CT molecular complexity index is 548. The van der Waals surface area contributed by atoms with Crippen LogP contribution in [0.5, 0.6) is 0 Å². The average Bonchev–Trinajstić information content (AvgIpc) is 2.60. The second kappa shape index (κ2) is 5.47. The quantitative estimate of drug-likeness (QED) is 0.434. The van der Waals surface area contributed by atoms with E-state index in [9.17, 15) is 0 Å². The highest BCUT2D eigenvalue weighted by atomic mass is 127. The van der Waals surface area contributed by atoms with Crippen molar-refractivity contribution in [3.8, 4) is 0 Å². The number of aryl methyl sites for hydroxylation is 2. The molecule has 1 heterocycles. The second-order valence-electron chi connectivity index (χ2n) is 3.93. The molecule has 1 unspecified atom stereocenters. The Balaban J connectivity index is 2.46. The molecule has 0 aliphatic rings. The maximum atomic E-state index is 6.57. The van der Waals surface area contributed by atoms with Crippen LogP contribution in [0.4, 0.5) is 0 Å². The molecule has 17 heavy (non-hydrogen) atoms. The largest absolute Gasteiger partial charge is 0.143 e. The maximum absolute atomic E-state index is 6.57. The summed E-state index contributed by atoms with van der Waals surface area (Å²) in [6.07, 6.45) is 0. The first-order valence-electron chi connectivity index (χ1n) is 5.15. The SMILES string of the molecule is Cc1cc(C)c(C(Cl)c2cc(Cl)ccc2I)s1. The van der Waals surface area contributed by atoms with E-state index in [1.807, 2.05) is 18.2 Å². The Kier molecular flexibility index (Phi) is 4.40. The Hall–Kier alpha value is 0.230. The van der Waals surface area contributed by atoms with Crippen molar-refractivity contribution in [2.75, 3.05) is 0 Å². The van der Waals surface area contributed by atoms with Crippen LogP contribution in [0.15, 0.2) is 24.3 Å². The molecule has 0 fully saturated rings. The van der Waals surface area contributed by atoms with Crippen LogP contribution in [0, 0.1) is 17.4 Å². The zero-order valence-electron chi connectivity index (χ0n) is 9.43. The van der Waals surface area contributed by atoms with Gasteiger partial charge in [0.25, 0.3) is 0 Å². The van der Waals surface area contributed by atoms with Crippen LogP contribution in [-0.2, 0) is 0 Å². The normalized spacial score (nSPS) is 12.8. The van der Waals surface area contributed by atoms with Gasteiger partial charge in [-0.1, -0.05) is 11.6 Å². The molecule has 0 saturated carbocycles. The van der Waals surface area contributed by atoms with E-state index in [2.05, 4.69) is 42.5 Å². The van der Waals surface area contributed by atoms with Crippen LogP contribution in [0.25, 0.3) is 0 Å². The van der Waals surface area contributed by atoms with Gasteiger partial charge in [0.1, 0.15) is 0 Å². The van der Waals surface area contributed by atoms with Gasteiger partial charge in [0, 0.05) is 18.3 Å². The molecule has 90 valence electrons. The van der Waals surface area contributed by atoms with Gasteiger partial charge in [0.15, 0.2) is 0 Å². The van der Waals surface area contributed by atoms with Crippen LogP contribution >= 0.6 is 57.1 Å². The van der Waals surface area contributed by atoms with Crippen LogP contribution in [0.2, 0.25) is 5.02 Å². The molecular formula is C13H11Cl2IS. The molecule has 2 aromatic rings. The molecule has 1 aromatic carbocycles. The van der Waals surface area contributed by atoms with Crippen molar-refractivity contribution in [3.63, 3.8) is 0 Å². The van der Waals surface area contributed by atoms with Crippen LogP contribution in [-0.4, -0.2) is 0 Å². The molecule has 0 saturated heterocycles. The zero-order chi connectivity index (χ0) is 12.6. The topological polar surface area (TPSA) is 0 Å². The fourth-order valence-corrected chi connectivity index (χ4v) is 4.29. The Labute approximate surface area is 129 Å². The van der Waals surface area contributed by atoms with E-state index in [1.54, 1.807) is 11.3 Å². The summed E-state index contributed by atoms with van der Waals surface area (Å²) in [6.45, 7) is 4.21. The van der Waals surface area contributed by atoms with Crippen LogP contribution < -0.4 is 0 Å². The van der Waals surface area contributed by atoms with Gasteiger partial charge >= 0.3 is 0 Å². The van der Waals surface area contributed by atoms with Crippen molar-refractivity contribution < 1.29 is 0 Å². The lowest BCUT2D eigenvalue weighted by Crippen LogP contribution is -1.95. The summed E-state index contributed by atoms with van der Waals surface area (Å²) >= 11 is 16.7. The van der Waals surface area contributed by atoms with Gasteiger partial charge in [0.2, 0.25) is 0 Å². The smallest absolute Gasteiger partial charge is 0.0941 e. The second-order valence-corrected chi connectivity index (χ2v) is 7.26. The van der Waals surface area contributed by atoms with E-state index in [-0.39, 0.29) is 5.38 Å². The van der Waals surface area contributed by atoms with E-state index >= 15 is 0 Å². The van der Waals surface area contributed by atoms with Gasteiger partial charge in [0.05, 0.1) is 5.38 Å². The van der Waals surface area contributed by atoms with Gasteiger partial charge < -0.3 is 0 Å². The van der Waals surface area contributed by atoms with E-state index in [0.717, 1.165) is 14.2 Å². The molecule has 1 atom stereocenters. The predicted octanol–water partition coefficient (Wildman–Crippen LogP) is 5.95. The van der Waals surface area contributed by atoms with Crippen molar-refractivity contribution in [2.24, 2.45) is 0 Å². The first kappa shape index (κ1) is 13.7. The zero-order valence-corrected chi connectivity index (χ0v) is 13.9. The number of thiophene rings is 1. The Morgan fingerprint density at radius 2 is 1.94 bits per heavy atom. The molecule has 4 heteroatoms. The van der Waals surface area contributed by atoms with Crippen LogP contribution in [0.3, 0.4) is 0 Å². The fraction of sp³-hybridized carbons (Fsp3) is 0.231. The average molecular weight is 397 g/mol. The highest BCUT2D eigenvalue weighted by Gasteiger charge is 2.18. The molecule has 0 aliphatic heterocycles. The summed E-state index contributed by atoms with van der Waals surface area (Å²) < 4.78 is 1.15. The monoisotopic (exact) mass is 396 g/mol. The van der Waals surface area contributed by atoms with E-state index < -0.39 is 0 Å². The molecule has 0 nitrogen and oxygen atoms in total. The first-order valence-corrected chi connectivity index (χ1v) is 7.86. The van der Waals surface area contributed by atoms with E-state index in [4.69, 9.17) is 23.2 Å². The number of halogens is 3. The van der Waals surface area contributed by atoms with Gasteiger partial charge in [-0.15, -0.1) is 22.9 Å². The van der Waals surface area contributed by atoms with Crippen LogP contribution in [0.1, 0.15) is 26.3 Å². The molecule has 0 N–H and O–H groups in total. The third-order valence-electron chi connectivity index (χ3n) is 2.54. The van der Waals surface area contributed by atoms with Crippen molar-refractivity contribution in [1.29, 1.82) is 0 Å². The lowest BCUT2D eigenvalue weighted by atomic mass is 10.1. The molecule has 0 aliphatic carbocycles. The van der Waals surface area contributed by atoms with Crippen molar-refractivity contribution in [3.05, 3.63) is 53.7 Å². The van der Waals surface area contributed by atoms with Crippen molar-refractivity contribution in [2.45, 2.75) is 19.2 Å². The maximum Gasteiger partial charge on any atom is 0.0941 e. The summed E-state index contributed by atoms with van der Waals surface area (Å²) in [7, 11) is 0. The lowest BCUT2D eigenvalue weighted by molar-refractivity contribution is 1.14. The summed E-state index contributed by atoms with van der Waals surface area (Å²) in [4.78, 5) is 2.50. The standard InChI is InChI=1S/C13H11Cl2IS/c1-7-5-8(2)17-13(7)12(15)10-6-9(14)3-4-11(10)16/h3-6,12H,1-2H3. The highest BCUT2D eigenvalue weighted by Crippen LogP contribution is 2.38. The third-order valence-corrected chi connectivity index (χ3v) is 5.56. The molecule has 0 bridgehead atoms. The third kappa shape index (κ3) is 2.98. The molecular weight excluding hydrogens is 386 g/mol. The number of hydrogen-bond acceptors (Lipinski definition) is 1. The molecule has 1 aromatic heterocycles. The Morgan fingerprint density at radius 1 is 1.24 bits per heavy atom. The molecule has 0 amide bonds. The minimum absolute atomic E-state index is 0.112. The molecule has 2 rings (SSSR count). The fourth-order valence-electron chi connectivity index (χ4n) is 1.76. The van der Waals surface area contributed by atoms with Gasteiger partial charge in [-0.05, 0) is 71.8 Å². The lowest BCUT2D eigenvalue weighted by Gasteiger charge is -2.12. The number of hydrogen-bond donors (Lipinski definition) is 0. The summed E-state index contributed by atoms with van der Waals surface area (Å²) in [6, 6.07) is 8.02. The van der Waals surface area contributed by atoms with E-state index in [0.29, 0.717) is 0 Å². The summed E-state index contributed by atoms with van der Waals surface area (Å²) in [5.74, 6) is 0. The highest BCUT2D eigenvalue weighted by molar-refractivity contribution is 14.1. The van der Waals surface area contributed by atoms with Crippen molar-refractivity contribution >= 4 is 57.1 Å². The van der Waals surface area contributed by atoms with Gasteiger partial charge in [-0.25, -0.2) is 0 Å². The predicted molar refractivity (Wildman–Crippen MR) is 85.7 cm³/mol. The number of alkyl halides is 1. The minimum atomic E-state index is -0.112. The summed E-state index contributed by atoms with van der Waals surface area (Å²) in [5.41, 5.74) is 2.34. The molecule has 0 spiro atoms.